The van der Waals surface area contributed by atoms with Gasteiger partial charge in [0.25, 0.3) is 0 Å². The highest BCUT2D eigenvalue weighted by molar-refractivity contribution is 6.54. The Morgan fingerprint density at radius 1 is 1.08 bits per heavy atom. The van der Waals surface area contributed by atoms with Gasteiger partial charge >= 0.3 is 13.2 Å². The van der Waals surface area contributed by atoms with E-state index in [0.717, 1.165) is 37.8 Å². The Bertz CT molecular complexity index is 760. The molecule has 2 aliphatic rings. The monoisotopic (exact) mass is 506 g/mol. The number of alkyl carbamates (subject to hydrolysis) is 1. The third-order valence-corrected chi connectivity index (χ3v) is 5.84. The Hall–Kier alpha value is -2.06. The molecule has 1 fully saturated rings. The van der Waals surface area contributed by atoms with Gasteiger partial charge in [0.15, 0.2) is 0 Å². The highest BCUT2D eigenvalue weighted by atomic mass is 16.6. The number of nitrogens with one attached hydrogen (secondary N) is 1. The van der Waals surface area contributed by atoms with Gasteiger partial charge in [0, 0.05) is 20.2 Å². The average Bonchev–Trinajstić information content (AvgIpc) is 3.25. The molecule has 0 radical (unpaired) electrons. The second-order valence-electron chi connectivity index (χ2n) is 10.7. The van der Waals surface area contributed by atoms with Crippen LogP contribution in [0.3, 0.4) is 0 Å². The molecule has 0 atom stereocenters. The maximum atomic E-state index is 11.6. The van der Waals surface area contributed by atoms with E-state index in [-0.39, 0.29) is 25.2 Å². The highest BCUT2D eigenvalue weighted by Gasteiger charge is 2.32. The van der Waals surface area contributed by atoms with Crippen LogP contribution in [0.25, 0.3) is 0 Å². The fourth-order valence-electron chi connectivity index (χ4n) is 3.10. The van der Waals surface area contributed by atoms with Crippen LogP contribution in [0.5, 0.6) is 0 Å². The lowest BCUT2D eigenvalue weighted by molar-refractivity contribution is -0.129. The minimum absolute atomic E-state index is 0.0227. The van der Waals surface area contributed by atoms with Crippen molar-refractivity contribution in [3.05, 3.63) is 35.3 Å². The largest absolute Gasteiger partial charge is 0.494 e. The highest BCUT2D eigenvalue weighted by Crippen LogP contribution is 2.24. The number of ether oxygens (including phenoxy) is 1. The van der Waals surface area contributed by atoms with Crippen molar-refractivity contribution in [2.75, 3.05) is 26.7 Å². The molecule has 36 heavy (non-hydrogen) atoms. The zero-order valence-electron chi connectivity index (χ0n) is 24.7. The van der Waals surface area contributed by atoms with E-state index >= 15 is 0 Å². The minimum atomic E-state index is -0.542. The van der Waals surface area contributed by atoms with Gasteiger partial charge in [-0.3, -0.25) is 4.79 Å². The van der Waals surface area contributed by atoms with Crippen molar-refractivity contribution in [2.45, 2.75) is 99.7 Å². The fraction of sp³-hybridized carbons (Fsp3) is 0.714. The van der Waals surface area contributed by atoms with Crippen LogP contribution in [0.2, 0.25) is 0 Å². The lowest BCUT2D eigenvalue weighted by atomic mass is 9.75. The first-order chi connectivity index (χ1) is 16.7. The third kappa shape index (κ3) is 13.9. The van der Waals surface area contributed by atoms with Crippen molar-refractivity contribution in [1.29, 1.82) is 0 Å². The normalized spacial score (nSPS) is 15.5. The maximum absolute atomic E-state index is 11.6. The molecule has 0 unspecified atom stereocenters. The van der Waals surface area contributed by atoms with Gasteiger partial charge in [-0.25, -0.2) is 4.79 Å². The van der Waals surface area contributed by atoms with Crippen LogP contribution in [0.15, 0.2) is 35.3 Å². The first-order valence-corrected chi connectivity index (χ1v) is 13.2. The Labute approximate surface area is 220 Å². The summed E-state index contributed by atoms with van der Waals surface area (Å²) in [6.45, 7) is 21.6. The van der Waals surface area contributed by atoms with E-state index in [9.17, 15) is 9.59 Å². The smallest absolute Gasteiger partial charge is 0.444 e. The molecule has 0 aromatic carbocycles. The van der Waals surface area contributed by atoms with E-state index in [0.29, 0.717) is 5.92 Å². The summed E-state index contributed by atoms with van der Waals surface area (Å²) in [7, 11) is 1.39. The lowest BCUT2D eigenvalue weighted by Crippen LogP contribution is -2.40. The van der Waals surface area contributed by atoms with Crippen molar-refractivity contribution >= 4 is 19.1 Å². The Kier molecular flexibility index (Phi) is 15.7. The zero-order chi connectivity index (χ0) is 27.9. The van der Waals surface area contributed by atoms with Gasteiger partial charge in [-0.05, 0) is 72.2 Å². The van der Waals surface area contributed by atoms with Crippen LogP contribution < -0.4 is 5.32 Å². The summed E-state index contributed by atoms with van der Waals surface area (Å²) >= 11 is 0. The van der Waals surface area contributed by atoms with E-state index in [1.807, 2.05) is 13.8 Å². The van der Waals surface area contributed by atoms with Crippen LogP contribution >= 0.6 is 0 Å². The van der Waals surface area contributed by atoms with Gasteiger partial charge < -0.3 is 24.3 Å². The van der Waals surface area contributed by atoms with Gasteiger partial charge in [0.2, 0.25) is 5.91 Å². The molecule has 206 valence electrons. The molecule has 2 rings (SSSR count). The molecule has 0 saturated carbocycles. The number of hydrogen-bond donors (Lipinski definition) is 1. The predicted molar refractivity (Wildman–Crippen MR) is 150 cm³/mol. The van der Waals surface area contributed by atoms with Gasteiger partial charge in [0.05, 0.1) is 5.60 Å². The van der Waals surface area contributed by atoms with E-state index in [4.69, 9.17) is 14.0 Å². The van der Waals surface area contributed by atoms with E-state index in [1.54, 1.807) is 32.8 Å². The molecule has 0 aromatic rings. The first kappa shape index (κ1) is 33.9. The second-order valence-corrected chi connectivity index (χ2v) is 10.7. The SMILES string of the molecule is CC.CC(C)(C)OC(=O)NCC(=O)N1CCCC1.COB(OC(C)(C)C(C)C)C1=CC=C(C)CC=C1. The van der Waals surface area contributed by atoms with Crippen LogP contribution in [0.1, 0.15) is 88.5 Å². The number of carbonyl (C=O) groups excluding carboxylic acids is 2. The zero-order valence-corrected chi connectivity index (χ0v) is 24.7. The van der Waals surface area contributed by atoms with Crippen LogP contribution in [0.4, 0.5) is 4.79 Å². The standard InChI is InChI=1S/C15H25BO2.C11H20N2O3.C2H6/c1-12(2)15(4,5)18-16(17-6)14-9-7-8-13(3)10-11-14;1-11(2,3)16-10(15)12-8-9(14)13-6-4-5-7-13;1-2/h7,9-12H,8H2,1-6H3;4-8H2,1-3H3,(H,12,15);1-2H3. The number of rotatable bonds is 7. The number of carbonyl (C=O) groups is 2. The number of hydrogen-bond acceptors (Lipinski definition) is 5. The summed E-state index contributed by atoms with van der Waals surface area (Å²) < 4.78 is 16.6. The van der Waals surface area contributed by atoms with Crippen molar-refractivity contribution < 1.29 is 23.6 Å². The summed E-state index contributed by atoms with van der Waals surface area (Å²) in [6, 6.07) is 0. The summed E-state index contributed by atoms with van der Waals surface area (Å²) in [6.07, 6.45) is 11.0. The van der Waals surface area contributed by atoms with E-state index < -0.39 is 11.7 Å². The van der Waals surface area contributed by atoms with Crippen molar-refractivity contribution in [3.8, 4) is 0 Å². The molecule has 0 aromatic heterocycles. The van der Waals surface area contributed by atoms with Gasteiger partial charge in [0.1, 0.15) is 12.1 Å². The summed E-state index contributed by atoms with van der Waals surface area (Å²) in [4.78, 5) is 24.6. The molecule has 1 aliphatic carbocycles. The molecular weight excluding hydrogens is 455 g/mol. The quantitative estimate of drug-likeness (QED) is 0.422. The van der Waals surface area contributed by atoms with Gasteiger partial charge in [-0.2, -0.15) is 0 Å². The number of likely N-dealkylation sites (tertiary alicyclic amines) is 1. The molecule has 1 heterocycles. The molecule has 2 amide bonds. The summed E-state index contributed by atoms with van der Waals surface area (Å²) in [5.74, 6) is 0.395. The average molecular weight is 507 g/mol. The molecular formula is C28H51BN2O5. The van der Waals surface area contributed by atoms with Crippen LogP contribution in [-0.4, -0.2) is 62.0 Å². The van der Waals surface area contributed by atoms with Crippen molar-refractivity contribution in [2.24, 2.45) is 5.92 Å². The molecule has 7 nitrogen and oxygen atoms in total. The lowest BCUT2D eigenvalue weighted by Gasteiger charge is -2.32. The summed E-state index contributed by atoms with van der Waals surface area (Å²) in [5.41, 5.74) is 1.68. The first-order valence-electron chi connectivity index (χ1n) is 13.2. The molecule has 1 saturated heterocycles. The number of allylic oxidation sites excluding steroid dienone is 6. The Balaban J connectivity index is 0.000000640. The van der Waals surface area contributed by atoms with Gasteiger partial charge in [-0.1, -0.05) is 57.6 Å². The predicted octanol–water partition coefficient (Wildman–Crippen LogP) is 6.10. The fourth-order valence-corrected chi connectivity index (χ4v) is 3.10. The Morgan fingerprint density at radius 3 is 2.17 bits per heavy atom. The van der Waals surface area contributed by atoms with Crippen molar-refractivity contribution in [1.82, 2.24) is 10.2 Å². The van der Waals surface area contributed by atoms with E-state index in [1.165, 1.54) is 5.57 Å². The number of nitrogens with zero attached hydrogens (tertiary/aromatic N) is 1. The molecule has 0 bridgehead atoms. The Morgan fingerprint density at radius 2 is 1.67 bits per heavy atom. The molecule has 1 aliphatic heterocycles. The second kappa shape index (κ2) is 16.6. The topological polar surface area (TPSA) is 77.1 Å². The minimum Gasteiger partial charge on any atom is -0.444 e. The molecule has 8 heteroatoms. The van der Waals surface area contributed by atoms with Gasteiger partial charge in [-0.15, -0.1) is 0 Å². The molecule has 0 spiro atoms. The van der Waals surface area contributed by atoms with Crippen LogP contribution in [0, 0.1) is 5.92 Å². The summed E-state index contributed by atoms with van der Waals surface area (Å²) in [5, 5.41) is 2.46. The van der Waals surface area contributed by atoms with E-state index in [2.05, 4.69) is 64.2 Å². The van der Waals surface area contributed by atoms with Crippen molar-refractivity contribution in [3.63, 3.8) is 0 Å². The maximum Gasteiger partial charge on any atom is 0.494 e. The molecule has 1 N–H and O–H groups in total. The van der Waals surface area contributed by atoms with Crippen LogP contribution in [-0.2, 0) is 18.8 Å². The third-order valence-electron chi connectivity index (χ3n) is 5.84. The number of amides is 2.